The SMILES string of the molecule is CCCCOC(=O)[C@H](N)CC(C)C. The van der Waals surface area contributed by atoms with Gasteiger partial charge in [0.05, 0.1) is 6.61 Å². The molecule has 0 aromatic carbocycles. The van der Waals surface area contributed by atoms with Gasteiger partial charge in [-0.25, -0.2) is 0 Å². The van der Waals surface area contributed by atoms with Gasteiger partial charge in [0.2, 0.25) is 0 Å². The van der Waals surface area contributed by atoms with Crippen LogP contribution < -0.4 is 5.73 Å². The van der Waals surface area contributed by atoms with Crippen LogP contribution in [0.15, 0.2) is 0 Å². The summed E-state index contributed by atoms with van der Waals surface area (Å²) in [4.78, 5) is 11.2. The quantitative estimate of drug-likeness (QED) is 0.508. The number of nitrogens with two attached hydrogens (primary N) is 1. The average molecular weight is 187 g/mol. The summed E-state index contributed by atoms with van der Waals surface area (Å²) in [5.41, 5.74) is 5.63. The van der Waals surface area contributed by atoms with Crippen LogP contribution in [0.1, 0.15) is 40.0 Å². The molecule has 3 nitrogen and oxygen atoms in total. The monoisotopic (exact) mass is 187 g/mol. The van der Waals surface area contributed by atoms with E-state index >= 15 is 0 Å². The van der Waals surface area contributed by atoms with Crippen molar-refractivity contribution in [3.05, 3.63) is 0 Å². The van der Waals surface area contributed by atoms with Gasteiger partial charge in [0.15, 0.2) is 0 Å². The Hall–Kier alpha value is -0.570. The van der Waals surface area contributed by atoms with E-state index in [9.17, 15) is 4.79 Å². The zero-order valence-corrected chi connectivity index (χ0v) is 8.88. The smallest absolute Gasteiger partial charge is 0.322 e. The van der Waals surface area contributed by atoms with Gasteiger partial charge in [0.1, 0.15) is 6.04 Å². The van der Waals surface area contributed by atoms with Crippen LogP contribution in [0.2, 0.25) is 0 Å². The molecule has 0 aliphatic heterocycles. The van der Waals surface area contributed by atoms with E-state index in [0.29, 0.717) is 18.9 Å². The number of unbranched alkanes of at least 4 members (excludes halogenated alkanes) is 1. The van der Waals surface area contributed by atoms with E-state index in [-0.39, 0.29) is 5.97 Å². The Morgan fingerprint density at radius 2 is 2.08 bits per heavy atom. The summed E-state index contributed by atoms with van der Waals surface area (Å²) in [5, 5.41) is 0. The lowest BCUT2D eigenvalue weighted by atomic mass is 10.1. The average Bonchev–Trinajstić information content (AvgIpc) is 2.03. The Morgan fingerprint density at radius 3 is 2.54 bits per heavy atom. The van der Waals surface area contributed by atoms with Crippen LogP contribution >= 0.6 is 0 Å². The minimum Gasteiger partial charge on any atom is -0.465 e. The van der Waals surface area contributed by atoms with E-state index in [4.69, 9.17) is 10.5 Å². The van der Waals surface area contributed by atoms with E-state index in [1.54, 1.807) is 0 Å². The predicted molar refractivity (Wildman–Crippen MR) is 53.3 cm³/mol. The maximum atomic E-state index is 11.2. The molecule has 0 rings (SSSR count). The van der Waals surface area contributed by atoms with Gasteiger partial charge in [-0.05, 0) is 18.8 Å². The van der Waals surface area contributed by atoms with Gasteiger partial charge >= 0.3 is 5.97 Å². The number of carbonyl (C=O) groups is 1. The Morgan fingerprint density at radius 1 is 1.46 bits per heavy atom. The molecular weight excluding hydrogens is 166 g/mol. The molecule has 0 bridgehead atoms. The fourth-order valence-electron chi connectivity index (χ4n) is 1.03. The third kappa shape index (κ3) is 6.58. The highest BCUT2D eigenvalue weighted by Gasteiger charge is 2.15. The highest BCUT2D eigenvalue weighted by atomic mass is 16.5. The van der Waals surface area contributed by atoms with Crippen molar-refractivity contribution in [1.29, 1.82) is 0 Å². The fraction of sp³-hybridized carbons (Fsp3) is 0.900. The first kappa shape index (κ1) is 12.4. The van der Waals surface area contributed by atoms with E-state index in [2.05, 4.69) is 6.92 Å². The lowest BCUT2D eigenvalue weighted by Crippen LogP contribution is -2.33. The minimum absolute atomic E-state index is 0.262. The zero-order valence-electron chi connectivity index (χ0n) is 8.88. The largest absolute Gasteiger partial charge is 0.465 e. The van der Waals surface area contributed by atoms with E-state index in [1.807, 2.05) is 13.8 Å². The molecule has 0 amide bonds. The molecule has 1 atom stereocenters. The highest BCUT2D eigenvalue weighted by Crippen LogP contribution is 2.04. The van der Waals surface area contributed by atoms with Crippen LogP contribution in [0.5, 0.6) is 0 Å². The zero-order chi connectivity index (χ0) is 10.3. The molecule has 0 saturated heterocycles. The van der Waals surface area contributed by atoms with Crippen LogP contribution in [-0.2, 0) is 9.53 Å². The van der Waals surface area contributed by atoms with Crippen LogP contribution in [0, 0.1) is 5.92 Å². The third-order valence-electron chi connectivity index (χ3n) is 1.77. The molecule has 0 aliphatic carbocycles. The number of ether oxygens (including phenoxy) is 1. The van der Waals surface area contributed by atoms with Crippen LogP contribution in [0.3, 0.4) is 0 Å². The first-order chi connectivity index (χ1) is 6.07. The van der Waals surface area contributed by atoms with Gasteiger partial charge in [-0.2, -0.15) is 0 Å². The van der Waals surface area contributed by atoms with Gasteiger partial charge < -0.3 is 10.5 Å². The lowest BCUT2D eigenvalue weighted by molar-refractivity contribution is -0.145. The molecule has 0 unspecified atom stereocenters. The molecule has 0 aliphatic rings. The second-order valence-corrected chi connectivity index (χ2v) is 3.76. The van der Waals surface area contributed by atoms with E-state index in [0.717, 1.165) is 12.8 Å². The predicted octanol–water partition coefficient (Wildman–Crippen LogP) is 1.70. The molecule has 0 saturated carbocycles. The van der Waals surface area contributed by atoms with Crippen molar-refractivity contribution in [2.75, 3.05) is 6.61 Å². The summed E-state index contributed by atoms with van der Waals surface area (Å²) in [6, 6.07) is -0.447. The van der Waals surface area contributed by atoms with Crippen molar-refractivity contribution in [3.8, 4) is 0 Å². The minimum atomic E-state index is -0.447. The number of esters is 1. The molecule has 78 valence electrons. The molecule has 0 heterocycles. The molecule has 3 heteroatoms. The van der Waals surface area contributed by atoms with Crippen LogP contribution in [-0.4, -0.2) is 18.6 Å². The lowest BCUT2D eigenvalue weighted by Gasteiger charge is -2.12. The summed E-state index contributed by atoms with van der Waals surface area (Å²) in [7, 11) is 0. The number of hydrogen-bond acceptors (Lipinski definition) is 3. The maximum absolute atomic E-state index is 11.2. The number of hydrogen-bond donors (Lipinski definition) is 1. The normalized spacial score (nSPS) is 13.0. The maximum Gasteiger partial charge on any atom is 0.322 e. The Labute approximate surface area is 80.6 Å². The molecular formula is C10H21NO2. The fourth-order valence-corrected chi connectivity index (χ4v) is 1.03. The van der Waals surface area contributed by atoms with E-state index in [1.165, 1.54) is 0 Å². The standard InChI is InChI=1S/C10H21NO2/c1-4-5-6-13-10(12)9(11)7-8(2)3/h8-9H,4-7,11H2,1-3H3/t9-/m1/s1. The summed E-state index contributed by atoms with van der Waals surface area (Å²) in [6.07, 6.45) is 2.65. The second kappa shape index (κ2) is 6.89. The second-order valence-electron chi connectivity index (χ2n) is 3.76. The Bertz CT molecular complexity index is 146. The molecule has 0 spiro atoms. The molecule has 0 radical (unpaired) electrons. The first-order valence-electron chi connectivity index (χ1n) is 5.00. The van der Waals surface area contributed by atoms with Crippen molar-refractivity contribution in [1.82, 2.24) is 0 Å². The first-order valence-corrected chi connectivity index (χ1v) is 5.00. The van der Waals surface area contributed by atoms with Gasteiger partial charge in [0, 0.05) is 0 Å². The van der Waals surface area contributed by atoms with Gasteiger partial charge in [-0.15, -0.1) is 0 Å². The summed E-state index contributed by atoms with van der Waals surface area (Å²) >= 11 is 0. The van der Waals surface area contributed by atoms with Crippen LogP contribution in [0.4, 0.5) is 0 Å². The van der Waals surface area contributed by atoms with Crippen molar-refractivity contribution in [2.45, 2.75) is 46.1 Å². The molecule has 2 N–H and O–H groups in total. The third-order valence-corrected chi connectivity index (χ3v) is 1.77. The molecule has 0 aromatic heterocycles. The number of carbonyl (C=O) groups excluding carboxylic acids is 1. The number of rotatable bonds is 6. The van der Waals surface area contributed by atoms with Gasteiger partial charge in [-0.1, -0.05) is 27.2 Å². The van der Waals surface area contributed by atoms with Crippen molar-refractivity contribution < 1.29 is 9.53 Å². The van der Waals surface area contributed by atoms with Crippen molar-refractivity contribution in [2.24, 2.45) is 11.7 Å². The highest BCUT2D eigenvalue weighted by molar-refractivity contribution is 5.75. The van der Waals surface area contributed by atoms with Gasteiger partial charge in [-0.3, -0.25) is 4.79 Å². The summed E-state index contributed by atoms with van der Waals surface area (Å²) in [5.74, 6) is 0.177. The van der Waals surface area contributed by atoms with Crippen molar-refractivity contribution >= 4 is 5.97 Å². The topological polar surface area (TPSA) is 52.3 Å². The summed E-state index contributed by atoms with van der Waals surface area (Å²) in [6.45, 7) is 6.64. The van der Waals surface area contributed by atoms with Crippen molar-refractivity contribution in [3.63, 3.8) is 0 Å². The Balaban J connectivity index is 3.57. The van der Waals surface area contributed by atoms with Gasteiger partial charge in [0.25, 0.3) is 0 Å². The molecule has 13 heavy (non-hydrogen) atoms. The van der Waals surface area contributed by atoms with Crippen LogP contribution in [0.25, 0.3) is 0 Å². The molecule has 0 aromatic rings. The molecule has 0 fully saturated rings. The van der Waals surface area contributed by atoms with E-state index < -0.39 is 6.04 Å². The Kier molecular flexibility index (Phi) is 6.59. The summed E-state index contributed by atoms with van der Waals surface area (Å²) < 4.78 is 4.98.